The number of hydrogen-bond donors (Lipinski definition) is 1. The first-order valence-corrected chi connectivity index (χ1v) is 5.85. The first kappa shape index (κ1) is 11.7. The van der Waals surface area contributed by atoms with Gasteiger partial charge in [-0.05, 0) is 37.8 Å². The lowest BCUT2D eigenvalue weighted by molar-refractivity contribution is -0.128. The van der Waals surface area contributed by atoms with E-state index < -0.39 is 5.41 Å². The van der Waals surface area contributed by atoms with Gasteiger partial charge in [-0.1, -0.05) is 24.6 Å². The molecule has 1 aliphatic rings. The summed E-state index contributed by atoms with van der Waals surface area (Å²) >= 11 is 0. The molecule has 0 radical (unpaired) electrons. The number of nitrogens with one attached hydrogen (secondary N) is 1. The molecule has 1 aromatic rings. The van der Waals surface area contributed by atoms with E-state index in [0.29, 0.717) is 18.8 Å². The fourth-order valence-corrected chi connectivity index (χ4v) is 2.35. The molecule has 1 N–H and O–H groups in total. The smallest absolute Gasteiger partial charge is 0.244 e. The van der Waals surface area contributed by atoms with E-state index in [9.17, 15) is 4.79 Å². The summed E-state index contributed by atoms with van der Waals surface area (Å²) in [5, 5.41) is 12.0. The zero-order valence-electron chi connectivity index (χ0n) is 10.2. The number of carbonyl (C=O) groups excluding carboxylic acids is 1. The number of amides is 1. The van der Waals surface area contributed by atoms with Gasteiger partial charge < -0.3 is 5.32 Å². The summed E-state index contributed by atoms with van der Waals surface area (Å²) in [6.07, 6.45) is 1.34. The van der Waals surface area contributed by atoms with Crippen LogP contribution in [0.5, 0.6) is 0 Å². The van der Waals surface area contributed by atoms with Gasteiger partial charge >= 0.3 is 0 Å². The first-order chi connectivity index (χ1) is 8.05. The zero-order valence-corrected chi connectivity index (χ0v) is 10.2. The molecule has 0 aromatic heterocycles. The molecule has 0 saturated heterocycles. The first-order valence-electron chi connectivity index (χ1n) is 5.85. The number of anilines is 1. The Bertz CT molecular complexity index is 464. The van der Waals surface area contributed by atoms with E-state index in [2.05, 4.69) is 18.3 Å². The second kappa shape index (κ2) is 4.21. The second-order valence-electron chi connectivity index (χ2n) is 5.03. The van der Waals surface area contributed by atoms with Crippen molar-refractivity contribution in [2.45, 2.75) is 26.7 Å². The number of benzene rings is 1. The van der Waals surface area contributed by atoms with Crippen molar-refractivity contribution in [2.75, 3.05) is 5.32 Å². The maximum Gasteiger partial charge on any atom is 0.244 e. The van der Waals surface area contributed by atoms with Crippen LogP contribution in [0.1, 0.15) is 25.3 Å². The minimum atomic E-state index is -0.801. The predicted molar refractivity (Wildman–Crippen MR) is 66.3 cm³/mol. The van der Waals surface area contributed by atoms with Crippen molar-refractivity contribution >= 4 is 11.6 Å². The average Bonchev–Trinajstić information content (AvgIpc) is 2.27. The van der Waals surface area contributed by atoms with Gasteiger partial charge in [-0.2, -0.15) is 5.26 Å². The molecule has 1 saturated carbocycles. The maximum atomic E-state index is 12.0. The summed E-state index contributed by atoms with van der Waals surface area (Å²) in [6.45, 7) is 4.06. The van der Waals surface area contributed by atoms with E-state index >= 15 is 0 Å². The Morgan fingerprint density at radius 2 is 2.00 bits per heavy atom. The van der Waals surface area contributed by atoms with Crippen LogP contribution in [0.4, 0.5) is 5.69 Å². The minimum Gasteiger partial charge on any atom is -0.325 e. The molecule has 0 spiro atoms. The van der Waals surface area contributed by atoms with Gasteiger partial charge in [-0.3, -0.25) is 4.79 Å². The highest BCUT2D eigenvalue weighted by Crippen LogP contribution is 2.45. The molecule has 1 aliphatic carbocycles. The lowest BCUT2D eigenvalue weighted by Crippen LogP contribution is -2.45. The van der Waals surface area contributed by atoms with E-state index in [1.807, 2.05) is 31.2 Å². The molecule has 0 atom stereocenters. The molecule has 88 valence electrons. The summed E-state index contributed by atoms with van der Waals surface area (Å²) < 4.78 is 0. The maximum absolute atomic E-state index is 12.0. The van der Waals surface area contributed by atoms with Crippen LogP contribution < -0.4 is 5.32 Å². The van der Waals surface area contributed by atoms with E-state index in [-0.39, 0.29) is 5.91 Å². The number of rotatable bonds is 2. The van der Waals surface area contributed by atoms with Crippen LogP contribution in [0.15, 0.2) is 24.3 Å². The number of carbonyl (C=O) groups is 1. The van der Waals surface area contributed by atoms with Crippen LogP contribution in [0.25, 0.3) is 0 Å². The SMILES string of the molecule is Cc1ccc(NC(=O)C2(C#N)CC(C)C2)cc1. The molecule has 3 nitrogen and oxygen atoms in total. The van der Waals surface area contributed by atoms with Gasteiger partial charge in [0.15, 0.2) is 0 Å². The minimum absolute atomic E-state index is 0.165. The third-order valence-corrected chi connectivity index (χ3v) is 3.35. The highest BCUT2D eigenvalue weighted by Gasteiger charge is 2.48. The van der Waals surface area contributed by atoms with Crippen LogP contribution in [0.2, 0.25) is 0 Å². The van der Waals surface area contributed by atoms with Gasteiger partial charge in [0.05, 0.1) is 6.07 Å². The van der Waals surface area contributed by atoms with Crippen molar-refractivity contribution in [3.63, 3.8) is 0 Å². The lowest BCUT2D eigenvalue weighted by atomic mass is 9.63. The number of aryl methyl sites for hydroxylation is 1. The summed E-state index contributed by atoms with van der Waals surface area (Å²) in [5.41, 5.74) is 1.11. The second-order valence-corrected chi connectivity index (χ2v) is 5.03. The van der Waals surface area contributed by atoms with Crippen LogP contribution in [-0.2, 0) is 4.79 Å². The van der Waals surface area contributed by atoms with Crippen LogP contribution in [0.3, 0.4) is 0 Å². The van der Waals surface area contributed by atoms with Crippen molar-refractivity contribution in [3.8, 4) is 6.07 Å². The number of hydrogen-bond acceptors (Lipinski definition) is 2. The van der Waals surface area contributed by atoms with E-state index in [1.54, 1.807) is 0 Å². The summed E-state index contributed by atoms with van der Waals surface area (Å²) in [6, 6.07) is 9.77. The monoisotopic (exact) mass is 228 g/mol. The molecule has 0 bridgehead atoms. The molecule has 1 aromatic carbocycles. The van der Waals surface area contributed by atoms with E-state index in [4.69, 9.17) is 5.26 Å². The van der Waals surface area contributed by atoms with Gasteiger partial charge in [0.25, 0.3) is 0 Å². The Morgan fingerprint density at radius 3 is 2.47 bits per heavy atom. The Labute approximate surface area is 101 Å². The van der Waals surface area contributed by atoms with Gasteiger partial charge in [-0.25, -0.2) is 0 Å². The van der Waals surface area contributed by atoms with Gasteiger partial charge in [0, 0.05) is 5.69 Å². The third-order valence-electron chi connectivity index (χ3n) is 3.35. The Balaban J connectivity index is 2.07. The third kappa shape index (κ3) is 2.16. The Morgan fingerprint density at radius 1 is 1.41 bits per heavy atom. The highest BCUT2D eigenvalue weighted by atomic mass is 16.2. The molecule has 0 aliphatic heterocycles. The molecule has 0 unspecified atom stereocenters. The number of nitrogens with zero attached hydrogens (tertiary/aromatic N) is 1. The van der Waals surface area contributed by atoms with Crippen LogP contribution in [0, 0.1) is 29.6 Å². The van der Waals surface area contributed by atoms with Gasteiger partial charge in [0.2, 0.25) is 5.91 Å². The van der Waals surface area contributed by atoms with Crippen LogP contribution in [-0.4, -0.2) is 5.91 Å². The number of nitriles is 1. The van der Waals surface area contributed by atoms with Crippen molar-refractivity contribution in [2.24, 2.45) is 11.3 Å². The summed E-state index contributed by atoms with van der Waals surface area (Å²) in [4.78, 5) is 12.0. The Hall–Kier alpha value is -1.82. The van der Waals surface area contributed by atoms with Crippen molar-refractivity contribution in [1.29, 1.82) is 5.26 Å². The van der Waals surface area contributed by atoms with Crippen molar-refractivity contribution < 1.29 is 4.79 Å². The fraction of sp³-hybridized carbons (Fsp3) is 0.429. The Kier molecular flexibility index (Phi) is 2.89. The summed E-state index contributed by atoms with van der Waals surface area (Å²) in [5.74, 6) is 0.306. The average molecular weight is 228 g/mol. The summed E-state index contributed by atoms with van der Waals surface area (Å²) in [7, 11) is 0. The molecule has 17 heavy (non-hydrogen) atoms. The normalized spacial score (nSPS) is 26.8. The predicted octanol–water partition coefficient (Wildman–Crippen LogP) is 2.87. The fourth-order valence-electron chi connectivity index (χ4n) is 2.35. The van der Waals surface area contributed by atoms with Crippen LogP contribution >= 0.6 is 0 Å². The van der Waals surface area contributed by atoms with E-state index in [0.717, 1.165) is 11.3 Å². The largest absolute Gasteiger partial charge is 0.325 e. The quantitative estimate of drug-likeness (QED) is 0.846. The molecule has 3 heteroatoms. The van der Waals surface area contributed by atoms with Crippen molar-refractivity contribution in [1.82, 2.24) is 0 Å². The highest BCUT2D eigenvalue weighted by molar-refractivity contribution is 5.97. The molecular formula is C14H16N2O. The zero-order chi connectivity index (χ0) is 12.5. The molecule has 2 rings (SSSR count). The van der Waals surface area contributed by atoms with E-state index in [1.165, 1.54) is 0 Å². The lowest BCUT2D eigenvalue weighted by Gasteiger charge is -2.39. The topological polar surface area (TPSA) is 52.9 Å². The standard InChI is InChI=1S/C14H16N2O/c1-10-3-5-12(6-4-10)16-13(17)14(9-15)7-11(2)8-14/h3-6,11H,7-8H2,1-2H3,(H,16,17). The molecule has 0 heterocycles. The van der Waals surface area contributed by atoms with Gasteiger partial charge in [-0.15, -0.1) is 0 Å². The molecule has 1 fully saturated rings. The van der Waals surface area contributed by atoms with Crippen molar-refractivity contribution in [3.05, 3.63) is 29.8 Å². The van der Waals surface area contributed by atoms with Gasteiger partial charge in [0.1, 0.15) is 5.41 Å². The molecule has 1 amide bonds. The molecular weight excluding hydrogens is 212 g/mol.